The van der Waals surface area contributed by atoms with Gasteiger partial charge in [0.1, 0.15) is 11.6 Å². The lowest BCUT2D eigenvalue weighted by Crippen LogP contribution is -2.41. The lowest BCUT2D eigenvalue weighted by Gasteiger charge is -2.37. The second kappa shape index (κ2) is 8.82. The van der Waals surface area contributed by atoms with Gasteiger partial charge in [-0.1, -0.05) is 106 Å². The Bertz CT molecular complexity index is 938. The average molecular weight is 404 g/mol. The third-order valence-electron chi connectivity index (χ3n) is 5.29. The van der Waals surface area contributed by atoms with Crippen molar-refractivity contribution in [3.63, 3.8) is 0 Å². The molecule has 0 radical (unpaired) electrons. The predicted octanol–water partition coefficient (Wildman–Crippen LogP) is 4.70. The Morgan fingerprint density at radius 2 is 1.30 bits per heavy atom. The second-order valence-corrected chi connectivity index (χ2v) is 8.50. The van der Waals surface area contributed by atoms with Crippen molar-refractivity contribution in [3.05, 3.63) is 107 Å². The molecule has 1 atom stereocenters. The highest BCUT2D eigenvalue weighted by atomic mass is 16.5. The molecule has 1 unspecified atom stereocenters. The number of carboxylic acids is 1. The minimum Gasteiger partial charge on any atom is -0.480 e. The van der Waals surface area contributed by atoms with Crippen LogP contribution in [0.25, 0.3) is 0 Å². The van der Waals surface area contributed by atoms with E-state index in [1.165, 1.54) is 5.56 Å². The maximum absolute atomic E-state index is 11.4. The molecule has 0 heterocycles. The quantitative estimate of drug-likeness (QED) is 0.561. The van der Waals surface area contributed by atoms with Crippen molar-refractivity contribution in [2.45, 2.75) is 37.8 Å². The molecular weight excluding hydrogens is 374 g/mol. The van der Waals surface area contributed by atoms with Crippen molar-refractivity contribution < 1.29 is 14.6 Å². The minimum absolute atomic E-state index is 0.0490. The number of carbonyl (C=O) groups is 1. The van der Waals surface area contributed by atoms with Crippen LogP contribution in [0.1, 0.15) is 43.0 Å². The van der Waals surface area contributed by atoms with Crippen LogP contribution in [0.4, 0.5) is 0 Å². The zero-order valence-electron chi connectivity index (χ0n) is 17.7. The molecule has 3 aromatic rings. The summed E-state index contributed by atoms with van der Waals surface area (Å²) in [6.07, 6.45) is 0. The van der Waals surface area contributed by atoms with E-state index in [9.17, 15) is 9.90 Å². The molecule has 156 valence electrons. The van der Waals surface area contributed by atoms with E-state index in [0.29, 0.717) is 0 Å². The largest absolute Gasteiger partial charge is 0.480 e. The Labute approximate surface area is 178 Å². The number of hydrogen-bond acceptors (Lipinski definition) is 3. The normalized spacial score (nSPS) is 13.1. The van der Waals surface area contributed by atoms with Gasteiger partial charge in [0.2, 0.25) is 0 Å². The molecule has 0 aliphatic heterocycles. The van der Waals surface area contributed by atoms with Gasteiger partial charge in [0.25, 0.3) is 0 Å². The molecule has 3 rings (SSSR count). The Balaban J connectivity index is 2.27. The number of carboxylic acid groups (broad SMARTS) is 1. The number of benzene rings is 3. The highest BCUT2D eigenvalue weighted by molar-refractivity contribution is 5.73. The van der Waals surface area contributed by atoms with Gasteiger partial charge < -0.3 is 15.6 Å². The van der Waals surface area contributed by atoms with Gasteiger partial charge in [-0.2, -0.15) is 0 Å². The van der Waals surface area contributed by atoms with Crippen molar-refractivity contribution in [1.29, 1.82) is 0 Å². The molecule has 0 amide bonds. The zero-order valence-corrected chi connectivity index (χ0v) is 17.7. The number of aliphatic carboxylic acids is 1. The smallest absolute Gasteiger partial charge is 0.322 e. The average Bonchev–Trinajstić information content (AvgIpc) is 2.75. The van der Waals surface area contributed by atoms with Crippen molar-refractivity contribution in [2.24, 2.45) is 5.73 Å². The summed E-state index contributed by atoms with van der Waals surface area (Å²) in [4.78, 5) is 11.4. The van der Waals surface area contributed by atoms with E-state index >= 15 is 0 Å². The van der Waals surface area contributed by atoms with Gasteiger partial charge in [0.15, 0.2) is 0 Å². The highest BCUT2D eigenvalue weighted by Crippen LogP contribution is 2.41. The molecule has 0 aromatic heterocycles. The second-order valence-electron chi connectivity index (χ2n) is 8.50. The van der Waals surface area contributed by atoms with Crippen LogP contribution in [0, 0.1) is 0 Å². The van der Waals surface area contributed by atoms with E-state index in [0.717, 1.165) is 16.7 Å². The summed E-state index contributed by atoms with van der Waals surface area (Å²) in [5.41, 5.74) is 8.73. The van der Waals surface area contributed by atoms with E-state index in [1.54, 1.807) is 0 Å². The molecule has 0 fully saturated rings. The summed E-state index contributed by atoms with van der Waals surface area (Å²) in [6.45, 7) is 6.37. The van der Waals surface area contributed by atoms with Crippen molar-refractivity contribution in [2.75, 3.05) is 6.61 Å². The molecule has 3 aromatic carbocycles. The maximum atomic E-state index is 11.4. The third-order valence-corrected chi connectivity index (χ3v) is 5.29. The van der Waals surface area contributed by atoms with Crippen LogP contribution >= 0.6 is 0 Å². The summed E-state index contributed by atoms with van der Waals surface area (Å²) in [5.74, 6) is -1.09. The van der Waals surface area contributed by atoms with Crippen LogP contribution < -0.4 is 5.73 Å². The molecule has 0 saturated heterocycles. The molecule has 0 spiro atoms. The SMILES string of the molecule is CC(C)(C)c1cccc(C(OCC(N)C(=O)O)(c2ccccc2)c2ccccc2)c1. The first-order valence-corrected chi connectivity index (χ1v) is 10.1. The Kier molecular flexibility index (Phi) is 6.40. The first-order chi connectivity index (χ1) is 14.2. The maximum Gasteiger partial charge on any atom is 0.322 e. The number of ether oxygens (including phenoxy) is 1. The molecule has 4 nitrogen and oxygen atoms in total. The zero-order chi connectivity index (χ0) is 21.8. The van der Waals surface area contributed by atoms with E-state index in [4.69, 9.17) is 10.5 Å². The number of nitrogens with two attached hydrogens (primary N) is 1. The first-order valence-electron chi connectivity index (χ1n) is 10.1. The summed E-state index contributed by atoms with van der Waals surface area (Å²) in [6, 6.07) is 26.9. The summed E-state index contributed by atoms with van der Waals surface area (Å²) in [5, 5.41) is 9.34. The molecule has 0 aliphatic rings. The van der Waals surface area contributed by atoms with Crippen LogP contribution in [0.2, 0.25) is 0 Å². The van der Waals surface area contributed by atoms with Gasteiger partial charge in [0.05, 0.1) is 6.61 Å². The Hall–Kier alpha value is -2.95. The topological polar surface area (TPSA) is 72.5 Å². The fourth-order valence-electron chi connectivity index (χ4n) is 3.59. The number of rotatable bonds is 7. The fourth-order valence-corrected chi connectivity index (χ4v) is 3.59. The molecule has 30 heavy (non-hydrogen) atoms. The Morgan fingerprint density at radius 3 is 1.77 bits per heavy atom. The van der Waals surface area contributed by atoms with Gasteiger partial charge in [-0.15, -0.1) is 0 Å². The van der Waals surface area contributed by atoms with E-state index in [2.05, 4.69) is 32.9 Å². The standard InChI is InChI=1S/C26H29NO3/c1-25(2,3)21-15-10-16-22(17-21)26(19-11-6-4-7-12-19,20-13-8-5-9-14-20)30-18-23(27)24(28)29/h4-17,23H,18,27H2,1-3H3,(H,28,29). The lowest BCUT2D eigenvalue weighted by molar-refractivity contribution is -0.141. The van der Waals surface area contributed by atoms with E-state index in [1.807, 2.05) is 72.8 Å². The van der Waals surface area contributed by atoms with Gasteiger partial charge in [0, 0.05) is 0 Å². The van der Waals surface area contributed by atoms with Crippen molar-refractivity contribution in [1.82, 2.24) is 0 Å². The van der Waals surface area contributed by atoms with E-state index in [-0.39, 0.29) is 12.0 Å². The summed E-state index contributed by atoms with van der Waals surface area (Å²) in [7, 11) is 0. The van der Waals surface area contributed by atoms with Gasteiger partial charge >= 0.3 is 5.97 Å². The van der Waals surface area contributed by atoms with Gasteiger partial charge in [-0.25, -0.2) is 0 Å². The van der Waals surface area contributed by atoms with E-state index < -0.39 is 17.6 Å². The molecule has 0 saturated carbocycles. The van der Waals surface area contributed by atoms with Crippen LogP contribution in [0.5, 0.6) is 0 Å². The van der Waals surface area contributed by atoms with Crippen LogP contribution in [0.3, 0.4) is 0 Å². The molecule has 0 aliphatic carbocycles. The minimum atomic E-state index is -1.12. The van der Waals surface area contributed by atoms with Gasteiger partial charge in [-0.05, 0) is 27.7 Å². The molecule has 4 heteroatoms. The monoisotopic (exact) mass is 403 g/mol. The highest BCUT2D eigenvalue weighted by Gasteiger charge is 2.39. The summed E-state index contributed by atoms with van der Waals surface area (Å²) < 4.78 is 6.47. The predicted molar refractivity (Wildman–Crippen MR) is 119 cm³/mol. The van der Waals surface area contributed by atoms with Crippen LogP contribution in [-0.4, -0.2) is 23.7 Å². The first kappa shape index (κ1) is 21.8. The van der Waals surface area contributed by atoms with Gasteiger partial charge in [-0.3, -0.25) is 4.79 Å². The molecule has 0 bridgehead atoms. The Morgan fingerprint density at radius 1 is 0.833 bits per heavy atom. The number of hydrogen-bond donors (Lipinski definition) is 2. The van der Waals surface area contributed by atoms with Crippen LogP contribution in [0.15, 0.2) is 84.9 Å². The summed E-state index contributed by atoms with van der Waals surface area (Å²) >= 11 is 0. The fraction of sp³-hybridized carbons (Fsp3) is 0.269. The van der Waals surface area contributed by atoms with Crippen molar-refractivity contribution in [3.8, 4) is 0 Å². The third kappa shape index (κ3) is 4.45. The molecule has 3 N–H and O–H groups in total. The van der Waals surface area contributed by atoms with Crippen molar-refractivity contribution >= 4 is 5.97 Å². The lowest BCUT2D eigenvalue weighted by atomic mass is 9.77. The molecular formula is C26H29NO3. The van der Waals surface area contributed by atoms with Crippen LogP contribution in [-0.2, 0) is 20.5 Å².